The van der Waals surface area contributed by atoms with Gasteiger partial charge in [0.05, 0.1) is 0 Å². The lowest BCUT2D eigenvalue weighted by atomic mass is 10.0. The van der Waals surface area contributed by atoms with E-state index in [4.69, 9.17) is 11.3 Å². The average molecular weight is 247 g/mol. The van der Waals surface area contributed by atoms with Gasteiger partial charge in [0.2, 0.25) is 5.91 Å². The van der Waals surface area contributed by atoms with Crippen molar-refractivity contribution >= 4 is 5.91 Å². The molecule has 18 heavy (non-hydrogen) atoms. The molecule has 0 spiro atoms. The zero-order chi connectivity index (χ0) is 13.5. The molecule has 0 aliphatic rings. The number of benzene rings is 1. The topological polar surface area (TPSA) is 104 Å². The average Bonchev–Trinajstić information content (AvgIpc) is 2.32. The van der Waals surface area contributed by atoms with Crippen molar-refractivity contribution < 1.29 is 4.79 Å². The first kappa shape index (κ1) is 14.0. The van der Waals surface area contributed by atoms with Crippen molar-refractivity contribution in [2.45, 2.75) is 19.9 Å². The summed E-state index contributed by atoms with van der Waals surface area (Å²) in [6.07, 6.45) is 0. The Morgan fingerprint density at radius 1 is 1.50 bits per heavy atom. The first-order chi connectivity index (χ1) is 8.56. The van der Waals surface area contributed by atoms with Crippen LogP contribution in [0.2, 0.25) is 0 Å². The van der Waals surface area contributed by atoms with Crippen LogP contribution >= 0.6 is 0 Å². The standard InChI is InChI=1S/C12H17N5O/c1-8-3-4-10(7-9(8)2)11(12(13)18)15-5-6-16-17-14/h3-4,7,11,15H,5-6H2,1-2H3,(H2,13,18). The van der Waals surface area contributed by atoms with Gasteiger partial charge in [-0.1, -0.05) is 23.3 Å². The number of hydrogen-bond donors (Lipinski definition) is 2. The fourth-order valence-corrected chi connectivity index (χ4v) is 1.63. The molecule has 1 amide bonds. The Hall–Kier alpha value is -2.04. The molecule has 0 saturated carbocycles. The van der Waals surface area contributed by atoms with Crippen LogP contribution in [0.1, 0.15) is 22.7 Å². The lowest BCUT2D eigenvalue weighted by Gasteiger charge is -2.16. The highest BCUT2D eigenvalue weighted by Crippen LogP contribution is 2.16. The van der Waals surface area contributed by atoms with Gasteiger partial charge in [-0.15, -0.1) is 0 Å². The van der Waals surface area contributed by atoms with Crippen LogP contribution in [0.25, 0.3) is 10.4 Å². The molecule has 0 aliphatic carbocycles. The minimum Gasteiger partial charge on any atom is -0.368 e. The van der Waals surface area contributed by atoms with Crippen LogP contribution in [0.4, 0.5) is 0 Å². The first-order valence-corrected chi connectivity index (χ1v) is 5.67. The third-order valence-electron chi connectivity index (χ3n) is 2.77. The largest absolute Gasteiger partial charge is 0.368 e. The van der Waals surface area contributed by atoms with Crippen LogP contribution in [-0.2, 0) is 4.79 Å². The Balaban J connectivity index is 2.80. The van der Waals surface area contributed by atoms with Crippen LogP contribution < -0.4 is 11.1 Å². The number of amides is 1. The van der Waals surface area contributed by atoms with Gasteiger partial charge in [0.1, 0.15) is 6.04 Å². The molecule has 0 aromatic heterocycles. The fraction of sp³-hybridized carbons (Fsp3) is 0.417. The SMILES string of the molecule is Cc1ccc(C(NCCN=[N+]=[N-])C(N)=O)cc1C. The molecule has 96 valence electrons. The molecule has 1 atom stereocenters. The highest BCUT2D eigenvalue weighted by Gasteiger charge is 2.16. The van der Waals surface area contributed by atoms with Gasteiger partial charge in [-0.3, -0.25) is 4.79 Å². The molecule has 1 aromatic rings. The molecule has 0 heterocycles. The zero-order valence-corrected chi connectivity index (χ0v) is 10.6. The number of rotatable bonds is 6. The molecule has 0 aliphatic heterocycles. The van der Waals surface area contributed by atoms with Crippen LogP contribution in [0, 0.1) is 13.8 Å². The van der Waals surface area contributed by atoms with E-state index in [1.807, 2.05) is 32.0 Å². The molecule has 0 radical (unpaired) electrons. The second-order valence-corrected chi connectivity index (χ2v) is 4.09. The summed E-state index contributed by atoms with van der Waals surface area (Å²) >= 11 is 0. The van der Waals surface area contributed by atoms with Crippen molar-refractivity contribution in [2.24, 2.45) is 10.8 Å². The monoisotopic (exact) mass is 247 g/mol. The predicted octanol–water partition coefficient (Wildman–Crippen LogP) is 1.73. The number of primary amides is 1. The summed E-state index contributed by atoms with van der Waals surface area (Å²) in [5, 5.41) is 6.37. The maximum absolute atomic E-state index is 11.4. The van der Waals surface area contributed by atoms with Crippen molar-refractivity contribution in [1.29, 1.82) is 0 Å². The minimum absolute atomic E-state index is 0.283. The van der Waals surface area contributed by atoms with Gasteiger partial charge in [-0.2, -0.15) is 0 Å². The van der Waals surface area contributed by atoms with Crippen molar-refractivity contribution in [2.75, 3.05) is 13.1 Å². The first-order valence-electron chi connectivity index (χ1n) is 5.67. The van der Waals surface area contributed by atoms with E-state index in [1.165, 1.54) is 0 Å². The van der Waals surface area contributed by atoms with Crippen LogP contribution in [-0.4, -0.2) is 19.0 Å². The maximum Gasteiger partial charge on any atom is 0.239 e. The van der Waals surface area contributed by atoms with Gasteiger partial charge in [-0.05, 0) is 36.1 Å². The molecule has 1 rings (SSSR count). The van der Waals surface area contributed by atoms with Crippen LogP contribution in [0.5, 0.6) is 0 Å². The van der Waals surface area contributed by atoms with E-state index in [9.17, 15) is 4.79 Å². The van der Waals surface area contributed by atoms with E-state index < -0.39 is 11.9 Å². The number of nitrogens with one attached hydrogen (secondary N) is 1. The summed E-state index contributed by atoms with van der Waals surface area (Å²) in [5.74, 6) is -0.445. The maximum atomic E-state index is 11.4. The van der Waals surface area contributed by atoms with E-state index in [2.05, 4.69) is 15.3 Å². The zero-order valence-electron chi connectivity index (χ0n) is 10.6. The van der Waals surface area contributed by atoms with Crippen molar-refractivity contribution in [3.8, 4) is 0 Å². The normalized spacial score (nSPS) is 11.7. The molecule has 0 bridgehead atoms. The van der Waals surface area contributed by atoms with Crippen molar-refractivity contribution in [3.63, 3.8) is 0 Å². The highest BCUT2D eigenvalue weighted by atomic mass is 16.1. The second-order valence-electron chi connectivity index (χ2n) is 4.09. The predicted molar refractivity (Wildman–Crippen MR) is 69.9 cm³/mol. The van der Waals surface area contributed by atoms with Crippen molar-refractivity contribution in [3.05, 3.63) is 45.3 Å². The fourth-order valence-electron chi connectivity index (χ4n) is 1.63. The Kier molecular flexibility index (Phi) is 5.17. The summed E-state index contributed by atoms with van der Waals surface area (Å²) in [7, 11) is 0. The highest BCUT2D eigenvalue weighted by molar-refractivity contribution is 5.81. The number of nitrogens with zero attached hydrogens (tertiary/aromatic N) is 3. The molecular formula is C12H17N5O. The molecular weight excluding hydrogens is 230 g/mol. The molecule has 0 saturated heterocycles. The Morgan fingerprint density at radius 2 is 2.22 bits per heavy atom. The Morgan fingerprint density at radius 3 is 2.78 bits per heavy atom. The van der Waals surface area contributed by atoms with Gasteiger partial charge < -0.3 is 11.1 Å². The summed E-state index contributed by atoms with van der Waals surface area (Å²) in [6.45, 7) is 4.68. The quantitative estimate of drug-likeness (QED) is 0.346. The minimum atomic E-state index is -0.557. The molecule has 6 nitrogen and oxygen atoms in total. The smallest absolute Gasteiger partial charge is 0.239 e. The van der Waals surface area contributed by atoms with Gasteiger partial charge in [0, 0.05) is 18.0 Å². The van der Waals surface area contributed by atoms with Crippen molar-refractivity contribution in [1.82, 2.24) is 5.32 Å². The van der Waals surface area contributed by atoms with Gasteiger partial charge in [0.25, 0.3) is 0 Å². The lowest BCUT2D eigenvalue weighted by molar-refractivity contribution is -0.120. The summed E-state index contributed by atoms with van der Waals surface area (Å²) in [6, 6.07) is 5.21. The van der Waals surface area contributed by atoms with Gasteiger partial charge in [-0.25, -0.2) is 0 Å². The number of nitrogens with two attached hydrogens (primary N) is 1. The van der Waals surface area contributed by atoms with Gasteiger partial charge in [0.15, 0.2) is 0 Å². The van der Waals surface area contributed by atoms with Crippen LogP contribution in [0.15, 0.2) is 23.3 Å². The number of hydrogen-bond acceptors (Lipinski definition) is 3. The number of azide groups is 1. The van der Waals surface area contributed by atoms with Crippen LogP contribution in [0.3, 0.4) is 0 Å². The van der Waals surface area contributed by atoms with Gasteiger partial charge >= 0.3 is 0 Å². The summed E-state index contributed by atoms with van der Waals surface area (Å²) in [5.41, 5.74) is 16.6. The number of carbonyl (C=O) groups excluding carboxylic acids is 1. The van der Waals surface area contributed by atoms with E-state index in [1.54, 1.807) is 0 Å². The van der Waals surface area contributed by atoms with E-state index in [0.717, 1.165) is 16.7 Å². The summed E-state index contributed by atoms with van der Waals surface area (Å²) in [4.78, 5) is 14.1. The Labute approximate surface area is 106 Å². The number of aryl methyl sites for hydroxylation is 2. The number of carbonyl (C=O) groups is 1. The molecule has 6 heteroatoms. The lowest BCUT2D eigenvalue weighted by Crippen LogP contribution is -2.35. The third-order valence-corrected chi connectivity index (χ3v) is 2.77. The molecule has 0 fully saturated rings. The van der Waals surface area contributed by atoms with E-state index in [-0.39, 0.29) is 6.54 Å². The van der Waals surface area contributed by atoms with E-state index in [0.29, 0.717) is 6.54 Å². The third kappa shape index (κ3) is 3.76. The van der Waals surface area contributed by atoms with E-state index >= 15 is 0 Å². The molecule has 1 aromatic carbocycles. The molecule has 1 unspecified atom stereocenters. The second kappa shape index (κ2) is 6.64. The molecule has 3 N–H and O–H groups in total. The Bertz CT molecular complexity index is 479. The summed E-state index contributed by atoms with van der Waals surface area (Å²) < 4.78 is 0.